The van der Waals surface area contributed by atoms with Crippen LogP contribution < -0.4 is 5.32 Å². The molecule has 1 N–H and O–H groups in total. The van der Waals surface area contributed by atoms with Gasteiger partial charge in [-0.1, -0.05) is 45.2 Å². The number of nitrogens with zero attached hydrogens (tertiary/aromatic N) is 1. The Balaban J connectivity index is 2.92. The summed E-state index contributed by atoms with van der Waals surface area (Å²) in [6.45, 7) is 8.92. The van der Waals surface area contributed by atoms with Crippen LogP contribution >= 0.6 is 0 Å². The minimum absolute atomic E-state index is 0.0719. The molecule has 104 valence electrons. The number of aromatic nitrogens is 1. The standard InChI is InChI=1S/C15H28N2O/c1-6-8-9-12(3)13-11-18-17-14(13)15(4,16-5)10-7-2/h11-12,16H,6-10H2,1-5H3. The summed E-state index contributed by atoms with van der Waals surface area (Å²) >= 11 is 0. The van der Waals surface area contributed by atoms with Crippen molar-refractivity contribution in [2.75, 3.05) is 7.05 Å². The highest BCUT2D eigenvalue weighted by Crippen LogP contribution is 2.33. The van der Waals surface area contributed by atoms with Gasteiger partial charge in [0, 0.05) is 5.56 Å². The van der Waals surface area contributed by atoms with Crippen LogP contribution in [-0.2, 0) is 5.54 Å². The first-order chi connectivity index (χ1) is 8.59. The SMILES string of the molecule is CCCCC(C)c1conc1C(C)(CCC)NC. The van der Waals surface area contributed by atoms with Crippen molar-refractivity contribution in [3.63, 3.8) is 0 Å². The van der Waals surface area contributed by atoms with Crippen LogP contribution in [0.4, 0.5) is 0 Å². The van der Waals surface area contributed by atoms with Gasteiger partial charge < -0.3 is 9.84 Å². The first-order valence-electron chi connectivity index (χ1n) is 7.22. The fraction of sp³-hybridized carbons (Fsp3) is 0.800. The van der Waals surface area contributed by atoms with Crippen LogP contribution in [0.5, 0.6) is 0 Å². The number of hydrogen-bond donors (Lipinski definition) is 1. The van der Waals surface area contributed by atoms with Crippen LogP contribution in [0, 0.1) is 0 Å². The molecule has 0 bridgehead atoms. The van der Waals surface area contributed by atoms with Gasteiger partial charge in [-0.05, 0) is 32.7 Å². The summed E-state index contributed by atoms with van der Waals surface area (Å²) in [6, 6.07) is 0. The van der Waals surface area contributed by atoms with Gasteiger partial charge in [-0.25, -0.2) is 0 Å². The molecule has 3 heteroatoms. The first kappa shape index (κ1) is 15.2. The quantitative estimate of drug-likeness (QED) is 0.753. The maximum atomic E-state index is 5.25. The molecule has 0 spiro atoms. The number of nitrogens with one attached hydrogen (secondary N) is 1. The van der Waals surface area contributed by atoms with E-state index in [1.54, 1.807) is 0 Å². The molecule has 0 fully saturated rings. The van der Waals surface area contributed by atoms with Crippen LogP contribution in [-0.4, -0.2) is 12.2 Å². The molecule has 1 aromatic heterocycles. The third kappa shape index (κ3) is 3.35. The zero-order chi connectivity index (χ0) is 13.6. The van der Waals surface area contributed by atoms with Crippen molar-refractivity contribution in [3.05, 3.63) is 17.5 Å². The lowest BCUT2D eigenvalue weighted by molar-refractivity contribution is 0.321. The number of hydrogen-bond acceptors (Lipinski definition) is 3. The molecule has 0 radical (unpaired) electrons. The molecule has 1 heterocycles. The van der Waals surface area contributed by atoms with E-state index in [9.17, 15) is 0 Å². The molecular weight excluding hydrogens is 224 g/mol. The van der Waals surface area contributed by atoms with E-state index in [4.69, 9.17) is 4.52 Å². The second-order valence-electron chi connectivity index (χ2n) is 5.49. The largest absolute Gasteiger partial charge is 0.364 e. The fourth-order valence-electron chi connectivity index (χ4n) is 2.54. The maximum absolute atomic E-state index is 5.25. The average molecular weight is 252 g/mol. The molecule has 0 aliphatic carbocycles. The van der Waals surface area contributed by atoms with Gasteiger partial charge in [0.15, 0.2) is 0 Å². The van der Waals surface area contributed by atoms with E-state index >= 15 is 0 Å². The van der Waals surface area contributed by atoms with Crippen LogP contribution in [0.15, 0.2) is 10.8 Å². The van der Waals surface area contributed by atoms with Crippen LogP contribution in [0.1, 0.15) is 77.0 Å². The van der Waals surface area contributed by atoms with Crippen molar-refractivity contribution in [1.82, 2.24) is 10.5 Å². The number of rotatable bonds is 8. The molecule has 1 rings (SSSR count). The van der Waals surface area contributed by atoms with Gasteiger partial charge in [0.2, 0.25) is 0 Å². The molecular formula is C15H28N2O. The van der Waals surface area contributed by atoms with Gasteiger partial charge >= 0.3 is 0 Å². The van der Waals surface area contributed by atoms with Crippen molar-refractivity contribution in [3.8, 4) is 0 Å². The van der Waals surface area contributed by atoms with Gasteiger partial charge in [0.1, 0.15) is 12.0 Å². The summed E-state index contributed by atoms with van der Waals surface area (Å²) in [6.07, 6.45) is 7.74. The van der Waals surface area contributed by atoms with Crippen molar-refractivity contribution in [1.29, 1.82) is 0 Å². The monoisotopic (exact) mass is 252 g/mol. The average Bonchev–Trinajstić information content (AvgIpc) is 2.86. The second-order valence-corrected chi connectivity index (χ2v) is 5.49. The Bertz CT molecular complexity index is 348. The number of unbranched alkanes of at least 4 members (excludes halogenated alkanes) is 1. The molecule has 0 saturated heterocycles. The first-order valence-corrected chi connectivity index (χ1v) is 7.22. The summed E-state index contributed by atoms with van der Waals surface area (Å²) in [5, 5.41) is 7.68. The Morgan fingerprint density at radius 3 is 2.67 bits per heavy atom. The van der Waals surface area contributed by atoms with Crippen LogP contribution in [0.3, 0.4) is 0 Å². The molecule has 18 heavy (non-hydrogen) atoms. The second kappa shape index (κ2) is 6.93. The lowest BCUT2D eigenvalue weighted by Crippen LogP contribution is -2.38. The van der Waals surface area contributed by atoms with Crippen molar-refractivity contribution in [2.24, 2.45) is 0 Å². The highest BCUT2D eigenvalue weighted by molar-refractivity contribution is 5.26. The Morgan fingerprint density at radius 2 is 2.11 bits per heavy atom. The molecule has 0 aliphatic heterocycles. The van der Waals surface area contributed by atoms with Gasteiger partial charge in [-0.15, -0.1) is 0 Å². The van der Waals surface area contributed by atoms with E-state index in [-0.39, 0.29) is 5.54 Å². The van der Waals surface area contributed by atoms with E-state index < -0.39 is 0 Å². The zero-order valence-corrected chi connectivity index (χ0v) is 12.5. The van der Waals surface area contributed by atoms with Gasteiger partial charge in [-0.3, -0.25) is 0 Å². The van der Waals surface area contributed by atoms with Crippen LogP contribution in [0.2, 0.25) is 0 Å². The maximum Gasteiger partial charge on any atom is 0.127 e. The topological polar surface area (TPSA) is 38.1 Å². The molecule has 3 nitrogen and oxygen atoms in total. The third-order valence-electron chi connectivity index (χ3n) is 3.94. The van der Waals surface area contributed by atoms with Crippen molar-refractivity contribution < 1.29 is 4.52 Å². The molecule has 2 atom stereocenters. The summed E-state index contributed by atoms with van der Waals surface area (Å²) in [5.74, 6) is 0.524. The minimum atomic E-state index is -0.0719. The Labute approximate surface area is 111 Å². The molecule has 0 aliphatic rings. The van der Waals surface area contributed by atoms with Gasteiger partial charge in [-0.2, -0.15) is 0 Å². The van der Waals surface area contributed by atoms with Gasteiger partial charge in [0.25, 0.3) is 0 Å². The predicted octanol–water partition coefficient (Wildman–Crippen LogP) is 4.20. The van der Waals surface area contributed by atoms with Crippen molar-refractivity contribution in [2.45, 2.75) is 71.3 Å². The highest BCUT2D eigenvalue weighted by Gasteiger charge is 2.31. The lowest BCUT2D eigenvalue weighted by Gasteiger charge is -2.28. The molecule has 0 aromatic carbocycles. The van der Waals surface area contributed by atoms with Crippen molar-refractivity contribution >= 4 is 0 Å². The summed E-state index contributed by atoms with van der Waals surface area (Å²) in [7, 11) is 2.00. The lowest BCUT2D eigenvalue weighted by atomic mass is 9.85. The molecule has 0 amide bonds. The van der Waals surface area contributed by atoms with E-state index in [2.05, 4.69) is 38.2 Å². The smallest absolute Gasteiger partial charge is 0.127 e. The highest BCUT2D eigenvalue weighted by atomic mass is 16.5. The van der Waals surface area contributed by atoms with Gasteiger partial charge in [0.05, 0.1) is 5.54 Å². The predicted molar refractivity (Wildman–Crippen MR) is 75.8 cm³/mol. The minimum Gasteiger partial charge on any atom is -0.364 e. The fourth-order valence-corrected chi connectivity index (χ4v) is 2.54. The summed E-state index contributed by atoms with van der Waals surface area (Å²) < 4.78 is 5.25. The van der Waals surface area contributed by atoms with E-state index in [0.29, 0.717) is 5.92 Å². The zero-order valence-electron chi connectivity index (χ0n) is 12.5. The molecule has 1 aromatic rings. The molecule has 2 unspecified atom stereocenters. The molecule has 0 saturated carbocycles. The van der Waals surface area contributed by atoms with Crippen LogP contribution in [0.25, 0.3) is 0 Å². The normalized spacial score (nSPS) is 16.5. The summed E-state index contributed by atoms with van der Waals surface area (Å²) in [5.41, 5.74) is 2.29. The van der Waals surface area contributed by atoms with E-state index in [1.165, 1.54) is 24.8 Å². The Hall–Kier alpha value is -0.830. The van der Waals surface area contributed by atoms with E-state index in [1.807, 2.05) is 13.3 Å². The Morgan fingerprint density at radius 1 is 1.39 bits per heavy atom. The van der Waals surface area contributed by atoms with E-state index in [0.717, 1.165) is 18.5 Å². The third-order valence-corrected chi connectivity index (χ3v) is 3.94. The Kier molecular flexibility index (Phi) is 5.86. The summed E-state index contributed by atoms with van der Waals surface area (Å²) in [4.78, 5) is 0.